The average molecular weight is 343 g/mol. The fourth-order valence-electron chi connectivity index (χ4n) is 3.59. The minimum absolute atomic E-state index is 0.00505. The van der Waals surface area contributed by atoms with Gasteiger partial charge in [0.15, 0.2) is 0 Å². The Morgan fingerprint density at radius 3 is 3.12 bits per heavy atom. The number of thiazole rings is 1. The summed E-state index contributed by atoms with van der Waals surface area (Å²) >= 11 is 1.42. The third kappa shape index (κ3) is 3.07. The smallest absolute Gasteiger partial charge is 0.263 e. The van der Waals surface area contributed by atoms with Crippen molar-refractivity contribution in [1.82, 2.24) is 26.1 Å². The molecule has 3 unspecified atom stereocenters. The zero-order valence-corrected chi connectivity index (χ0v) is 14.4. The summed E-state index contributed by atoms with van der Waals surface area (Å²) < 4.78 is 0. The highest BCUT2D eigenvalue weighted by atomic mass is 32.1. The Kier molecular flexibility index (Phi) is 4.30. The summed E-state index contributed by atoms with van der Waals surface area (Å²) in [6, 6.07) is 6.53. The minimum atomic E-state index is -0.00505. The number of hydrogen-bond acceptors (Lipinski definition) is 6. The Morgan fingerprint density at radius 2 is 2.29 bits per heavy atom. The molecule has 126 valence electrons. The highest BCUT2D eigenvalue weighted by molar-refractivity contribution is 7.17. The van der Waals surface area contributed by atoms with E-state index in [0.717, 1.165) is 42.2 Å². The second-order valence-corrected chi connectivity index (χ2v) is 7.52. The van der Waals surface area contributed by atoms with E-state index in [1.807, 2.05) is 25.1 Å². The molecular weight excluding hydrogens is 322 g/mol. The molecule has 0 bridgehead atoms. The molecule has 3 heterocycles. The van der Waals surface area contributed by atoms with E-state index >= 15 is 0 Å². The zero-order chi connectivity index (χ0) is 16.5. The van der Waals surface area contributed by atoms with Crippen molar-refractivity contribution in [2.45, 2.75) is 38.3 Å². The van der Waals surface area contributed by atoms with Crippen molar-refractivity contribution >= 4 is 17.2 Å². The van der Waals surface area contributed by atoms with Crippen molar-refractivity contribution in [3.8, 4) is 10.7 Å². The fraction of sp³-hybridized carbons (Fsp3) is 0.471. The number of hydrazine groups is 1. The van der Waals surface area contributed by atoms with Crippen LogP contribution in [0.15, 0.2) is 24.4 Å². The number of carbonyl (C=O) groups excluding carboxylic acids is 1. The number of nitrogens with zero attached hydrogens (tertiary/aromatic N) is 2. The second kappa shape index (κ2) is 6.58. The van der Waals surface area contributed by atoms with Crippen LogP contribution in [0.2, 0.25) is 0 Å². The topological polar surface area (TPSA) is 78.9 Å². The van der Waals surface area contributed by atoms with E-state index < -0.39 is 0 Å². The molecule has 3 atom stereocenters. The van der Waals surface area contributed by atoms with Crippen LogP contribution in [0, 0.1) is 12.8 Å². The maximum absolute atomic E-state index is 12.7. The van der Waals surface area contributed by atoms with Gasteiger partial charge in [-0.1, -0.05) is 6.07 Å². The van der Waals surface area contributed by atoms with E-state index in [4.69, 9.17) is 0 Å². The molecule has 2 aromatic heterocycles. The molecule has 3 N–H and O–H groups in total. The molecule has 0 radical (unpaired) electrons. The fourth-order valence-corrected chi connectivity index (χ4v) is 4.53. The molecule has 1 aliphatic heterocycles. The van der Waals surface area contributed by atoms with Gasteiger partial charge >= 0.3 is 0 Å². The summed E-state index contributed by atoms with van der Waals surface area (Å²) in [5.41, 5.74) is 8.13. The quantitative estimate of drug-likeness (QED) is 0.793. The number of pyridine rings is 1. The molecule has 0 aromatic carbocycles. The van der Waals surface area contributed by atoms with Gasteiger partial charge in [0.05, 0.1) is 11.4 Å². The second-order valence-electron chi connectivity index (χ2n) is 6.52. The van der Waals surface area contributed by atoms with Gasteiger partial charge < -0.3 is 5.32 Å². The maximum Gasteiger partial charge on any atom is 0.263 e. The van der Waals surface area contributed by atoms with Gasteiger partial charge in [0.1, 0.15) is 9.88 Å². The number of aryl methyl sites for hydroxylation is 1. The number of hydrogen-bond donors (Lipinski definition) is 3. The molecule has 1 amide bonds. The molecule has 1 aliphatic carbocycles. The van der Waals surface area contributed by atoms with E-state index in [9.17, 15) is 4.79 Å². The summed E-state index contributed by atoms with van der Waals surface area (Å²) in [7, 11) is 0. The normalized spacial score (nSPS) is 26.1. The van der Waals surface area contributed by atoms with E-state index in [1.54, 1.807) is 6.20 Å². The molecule has 1 saturated heterocycles. The lowest BCUT2D eigenvalue weighted by Gasteiger charge is -2.31. The average Bonchev–Trinajstić information content (AvgIpc) is 3.21. The Labute approximate surface area is 145 Å². The number of rotatable bonds is 3. The largest absolute Gasteiger partial charge is 0.349 e. The van der Waals surface area contributed by atoms with Gasteiger partial charge in [-0.15, -0.1) is 11.3 Å². The first-order valence-electron chi connectivity index (χ1n) is 8.39. The maximum atomic E-state index is 12.7. The third-order valence-electron chi connectivity index (χ3n) is 4.86. The molecule has 0 spiro atoms. The summed E-state index contributed by atoms with van der Waals surface area (Å²) in [6.07, 6.45) is 4.89. The molecule has 2 fully saturated rings. The SMILES string of the molecule is Cc1nc(-c2ccccn2)sc1C(=O)NC1CCC2NNCC2C1. The predicted octanol–water partition coefficient (Wildman–Crippen LogP) is 1.89. The monoisotopic (exact) mass is 343 g/mol. The van der Waals surface area contributed by atoms with Crippen molar-refractivity contribution in [2.75, 3.05) is 6.54 Å². The van der Waals surface area contributed by atoms with Crippen LogP contribution in [0.5, 0.6) is 0 Å². The minimum Gasteiger partial charge on any atom is -0.349 e. The molecule has 1 saturated carbocycles. The lowest BCUT2D eigenvalue weighted by atomic mass is 9.83. The summed E-state index contributed by atoms with van der Waals surface area (Å²) in [4.78, 5) is 22.2. The van der Waals surface area contributed by atoms with Crippen LogP contribution >= 0.6 is 11.3 Å². The number of aromatic nitrogens is 2. The van der Waals surface area contributed by atoms with Gasteiger partial charge in [-0.2, -0.15) is 0 Å². The Morgan fingerprint density at radius 1 is 1.38 bits per heavy atom. The Hall–Kier alpha value is -1.83. The van der Waals surface area contributed by atoms with Crippen molar-refractivity contribution in [1.29, 1.82) is 0 Å². The van der Waals surface area contributed by atoms with Gasteiger partial charge in [-0.25, -0.2) is 4.98 Å². The lowest BCUT2D eigenvalue weighted by molar-refractivity contribution is 0.0921. The van der Waals surface area contributed by atoms with E-state index in [-0.39, 0.29) is 11.9 Å². The standard InChI is InChI=1S/C17H21N5OS/c1-10-15(24-17(20-10)14-4-2-3-7-18-14)16(23)21-12-5-6-13-11(8-12)9-19-22-13/h2-4,7,11-13,19,22H,5-6,8-9H2,1H3,(H,21,23). The molecule has 6 nitrogen and oxygen atoms in total. The summed E-state index contributed by atoms with van der Waals surface area (Å²) in [6.45, 7) is 2.88. The van der Waals surface area contributed by atoms with E-state index in [1.165, 1.54) is 11.3 Å². The van der Waals surface area contributed by atoms with Gasteiger partial charge in [-0.3, -0.25) is 20.6 Å². The highest BCUT2D eigenvalue weighted by Crippen LogP contribution is 2.29. The Balaban J connectivity index is 1.46. The van der Waals surface area contributed by atoms with Crippen molar-refractivity contribution in [3.63, 3.8) is 0 Å². The van der Waals surface area contributed by atoms with E-state index in [2.05, 4.69) is 26.1 Å². The Bertz CT molecular complexity index is 732. The highest BCUT2D eigenvalue weighted by Gasteiger charge is 2.34. The van der Waals surface area contributed by atoms with Crippen LogP contribution in [-0.2, 0) is 0 Å². The van der Waals surface area contributed by atoms with Crippen LogP contribution in [0.4, 0.5) is 0 Å². The number of amides is 1. The van der Waals surface area contributed by atoms with Gasteiger partial charge in [0.2, 0.25) is 0 Å². The first-order chi connectivity index (χ1) is 11.7. The van der Waals surface area contributed by atoms with Gasteiger partial charge in [0.25, 0.3) is 5.91 Å². The van der Waals surface area contributed by atoms with Crippen LogP contribution in [0.3, 0.4) is 0 Å². The number of nitrogens with one attached hydrogen (secondary N) is 3. The molecular formula is C17H21N5OS. The lowest BCUT2D eigenvalue weighted by Crippen LogP contribution is -2.44. The zero-order valence-electron chi connectivity index (χ0n) is 13.6. The number of fused-ring (bicyclic) bond motifs is 1. The molecule has 2 aliphatic rings. The van der Waals surface area contributed by atoms with Crippen molar-refractivity contribution < 1.29 is 4.79 Å². The summed E-state index contributed by atoms with van der Waals surface area (Å²) in [5, 5.41) is 4.01. The first kappa shape index (κ1) is 15.7. The van der Waals surface area contributed by atoms with Gasteiger partial charge in [0, 0.05) is 24.8 Å². The number of carbonyl (C=O) groups is 1. The molecule has 2 aromatic rings. The van der Waals surface area contributed by atoms with Crippen molar-refractivity contribution in [3.05, 3.63) is 35.0 Å². The van der Waals surface area contributed by atoms with Crippen molar-refractivity contribution in [2.24, 2.45) is 5.92 Å². The van der Waals surface area contributed by atoms with Gasteiger partial charge in [-0.05, 0) is 44.2 Å². The predicted molar refractivity (Wildman–Crippen MR) is 93.6 cm³/mol. The van der Waals surface area contributed by atoms with Crippen LogP contribution in [0.25, 0.3) is 10.7 Å². The molecule has 7 heteroatoms. The molecule has 4 rings (SSSR count). The van der Waals surface area contributed by atoms with Crippen LogP contribution in [0.1, 0.15) is 34.6 Å². The van der Waals surface area contributed by atoms with E-state index in [0.29, 0.717) is 16.8 Å². The first-order valence-corrected chi connectivity index (χ1v) is 9.20. The molecule has 24 heavy (non-hydrogen) atoms. The van der Waals surface area contributed by atoms with Crippen LogP contribution < -0.4 is 16.2 Å². The summed E-state index contributed by atoms with van der Waals surface area (Å²) in [5.74, 6) is 0.602. The van der Waals surface area contributed by atoms with Crippen LogP contribution in [-0.4, -0.2) is 34.5 Å². The third-order valence-corrected chi connectivity index (χ3v) is 6.03.